The number of amides is 2. The molecule has 33 heavy (non-hydrogen) atoms. The molecule has 7 heteroatoms. The molecule has 2 heterocycles. The Bertz CT molecular complexity index is 1190. The van der Waals surface area contributed by atoms with Gasteiger partial charge < -0.3 is 14.8 Å². The molecule has 2 aromatic carbocycles. The number of aromatic nitrogens is 1. The number of carbonyl (C=O) groups excluding carboxylic acids is 2. The Morgan fingerprint density at radius 3 is 2.39 bits per heavy atom. The third-order valence-corrected chi connectivity index (χ3v) is 5.11. The molecule has 1 aromatic heterocycles. The first kappa shape index (κ1) is 22.1. The van der Waals surface area contributed by atoms with Crippen LogP contribution >= 0.6 is 0 Å². The number of pyridine rings is 1. The third-order valence-electron chi connectivity index (χ3n) is 5.11. The molecule has 0 unspecified atom stereocenters. The van der Waals surface area contributed by atoms with Crippen molar-refractivity contribution < 1.29 is 19.1 Å². The Morgan fingerprint density at radius 2 is 1.73 bits per heavy atom. The van der Waals surface area contributed by atoms with Crippen molar-refractivity contribution in [1.82, 2.24) is 9.88 Å². The maximum atomic E-state index is 13.5. The number of methoxy groups -OCH3 is 1. The van der Waals surface area contributed by atoms with Gasteiger partial charge in [0.15, 0.2) is 0 Å². The molecule has 2 amide bonds. The van der Waals surface area contributed by atoms with Crippen LogP contribution in [0.2, 0.25) is 0 Å². The van der Waals surface area contributed by atoms with E-state index in [4.69, 9.17) is 9.47 Å². The maximum Gasteiger partial charge on any atom is 0.278 e. The number of para-hydroxylation sites is 2. The highest BCUT2D eigenvalue weighted by Crippen LogP contribution is 2.34. The zero-order chi connectivity index (χ0) is 23.4. The Hall–Kier alpha value is -4.13. The van der Waals surface area contributed by atoms with Crippen molar-refractivity contribution in [2.24, 2.45) is 0 Å². The SMILES string of the molecule is COc1ccccc1NC1=C(c2ccc(OC(C)C)cc2)C(=O)N(Cc2cccnc2)C1=O. The quantitative estimate of drug-likeness (QED) is 0.524. The lowest BCUT2D eigenvalue weighted by atomic mass is 10.0. The fourth-order valence-electron chi connectivity index (χ4n) is 3.63. The number of rotatable bonds is 8. The van der Waals surface area contributed by atoms with E-state index in [2.05, 4.69) is 10.3 Å². The Morgan fingerprint density at radius 1 is 0.970 bits per heavy atom. The molecule has 0 saturated carbocycles. The lowest BCUT2D eigenvalue weighted by molar-refractivity contribution is -0.137. The second kappa shape index (κ2) is 9.56. The number of ether oxygens (including phenoxy) is 2. The summed E-state index contributed by atoms with van der Waals surface area (Å²) in [4.78, 5) is 32.2. The summed E-state index contributed by atoms with van der Waals surface area (Å²) in [5, 5.41) is 3.15. The topological polar surface area (TPSA) is 80.8 Å². The molecule has 0 spiro atoms. The van der Waals surface area contributed by atoms with Crippen molar-refractivity contribution in [2.75, 3.05) is 12.4 Å². The molecule has 7 nitrogen and oxygen atoms in total. The second-order valence-corrected chi connectivity index (χ2v) is 7.82. The highest BCUT2D eigenvalue weighted by atomic mass is 16.5. The van der Waals surface area contributed by atoms with E-state index >= 15 is 0 Å². The van der Waals surface area contributed by atoms with Crippen molar-refractivity contribution in [3.63, 3.8) is 0 Å². The van der Waals surface area contributed by atoms with E-state index < -0.39 is 5.91 Å². The van der Waals surface area contributed by atoms with E-state index in [1.807, 2.05) is 32.0 Å². The molecule has 1 aliphatic rings. The van der Waals surface area contributed by atoms with Gasteiger partial charge in [0, 0.05) is 12.4 Å². The van der Waals surface area contributed by atoms with Crippen molar-refractivity contribution in [1.29, 1.82) is 0 Å². The molecule has 168 valence electrons. The number of nitrogens with zero attached hydrogens (tertiary/aromatic N) is 2. The van der Waals surface area contributed by atoms with E-state index in [9.17, 15) is 9.59 Å². The predicted molar refractivity (Wildman–Crippen MR) is 126 cm³/mol. The molecule has 0 fully saturated rings. The van der Waals surface area contributed by atoms with Crippen molar-refractivity contribution in [3.05, 3.63) is 89.9 Å². The van der Waals surface area contributed by atoms with Gasteiger partial charge in [-0.15, -0.1) is 0 Å². The summed E-state index contributed by atoms with van der Waals surface area (Å²) in [6, 6.07) is 18.0. The van der Waals surface area contributed by atoms with Gasteiger partial charge >= 0.3 is 0 Å². The van der Waals surface area contributed by atoms with Crippen LogP contribution in [0.3, 0.4) is 0 Å². The zero-order valence-electron chi connectivity index (χ0n) is 18.7. The van der Waals surface area contributed by atoms with Crippen LogP contribution in [0.15, 0.2) is 78.8 Å². The first-order chi connectivity index (χ1) is 16.0. The number of imide groups is 1. The molecular weight excluding hydrogens is 418 g/mol. The summed E-state index contributed by atoms with van der Waals surface area (Å²) in [5.41, 5.74) is 2.47. The van der Waals surface area contributed by atoms with E-state index in [0.29, 0.717) is 28.3 Å². The van der Waals surface area contributed by atoms with Crippen LogP contribution in [-0.4, -0.2) is 34.9 Å². The van der Waals surface area contributed by atoms with Gasteiger partial charge in [0.1, 0.15) is 17.2 Å². The number of carbonyl (C=O) groups is 2. The molecule has 0 radical (unpaired) electrons. The van der Waals surface area contributed by atoms with Crippen LogP contribution in [0, 0.1) is 0 Å². The molecular formula is C26H25N3O4. The van der Waals surface area contributed by atoms with E-state index in [-0.39, 0.29) is 24.3 Å². The average molecular weight is 444 g/mol. The summed E-state index contributed by atoms with van der Waals surface area (Å²) in [7, 11) is 1.56. The highest BCUT2D eigenvalue weighted by Gasteiger charge is 2.39. The fourth-order valence-corrected chi connectivity index (χ4v) is 3.63. The number of hydrogen-bond acceptors (Lipinski definition) is 6. The number of hydrogen-bond donors (Lipinski definition) is 1. The van der Waals surface area contributed by atoms with Gasteiger partial charge in [0.2, 0.25) is 0 Å². The third kappa shape index (κ3) is 4.72. The summed E-state index contributed by atoms with van der Waals surface area (Å²) >= 11 is 0. The molecule has 1 aliphatic heterocycles. The van der Waals surface area contributed by atoms with E-state index in [0.717, 1.165) is 5.56 Å². The first-order valence-electron chi connectivity index (χ1n) is 10.6. The Labute approximate surface area is 192 Å². The highest BCUT2D eigenvalue weighted by molar-refractivity contribution is 6.36. The van der Waals surface area contributed by atoms with Crippen LogP contribution in [0.5, 0.6) is 11.5 Å². The van der Waals surface area contributed by atoms with Crippen LogP contribution in [0.1, 0.15) is 25.0 Å². The van der Waals surface area contributed by atoms with Crippen LogP contribution in [0.4, 0.5) is 5.69 Å². The molecule has 0 atom stereocenters. The Kier molecular flexibility index (Phi) is 6.40. The smallest absolute Gasteiger partial charge is 0.278 e. The minimum Gasteiger partial charge on any atom is -0.495 e. The molecule has 3 aromatic rings. The molecule has 4 rings (SSSR count). The standard InChI is InChI=1S/C26H25N3O4/c1-17(2)33-20-12-10-19(11-13-20)23-24(28-21-8-4-5-9-22(21)32-3)26(31)29(25(23)30)16-18-7-6-14-27-15-18/h4-15,17,28H,16H2,1-3H3. The largest absolute Gasteiger partial charge is 0.495 e. The van der Waals surface area contributed by atoms with Crippen molar-refractivity contribution in [2.45, 2.75) is 26.5 Å². The lowest BCUT2D eigenvalue weighted by Crippen LogP contribution is -2.32. The summed E-state index contributed by atoms with van der Waals surface area (Å²) in [6.45, 7) is 4.02. The molecule has 1 N–H and O–H groups in total. The minimum atomic E-state index is -0.410. The van der Waals surface area contributed by atoms with Gasteiger partial charge in [-0.3, -0.25) is 19.5 Å². The summed E-state index contributed by atoms with van der Waals surface area (Å²) in [6.07, 6.45) is 3.32. The van der Waals surface area contributed by atoms with E-state index in [1.165, 1.54) is 4.90 Å². The van der Waals surface area contributed by atoms with Gasteiger partial charge in [0.05, 0.1) is 31.0 Å². The average Bonchev–Trinajstić information content (AvgIpc) is 3.04. The number of anilines is 1. The van der Waals surface area contributed by atoms with Gasteiger partial charge in [-0.25, -0.2) is 0 Å². The van der Waals surface area contributed by atoms with Crippen LogP contribution in [0.25, 0.3) is 5.57 Å². The van der Waals surface area contributed by atoms with Gasteiger partial charge in [-0.05, 0) is 55.3 Å². The Balaban J connectivity index is 1.74. The predicted octanol–water partition coefficient (Wildman–Crippen LogP) is 4.27. The summed E-state index contributed by atoms with van der Waals surface area (Å²) in [5.74, 6) is 0.472. The number of benzene rings is 2. The minimum absolute atomic E-state index is 0.0301. The normalized spacial score (nSPS) is 13.6. The zero-order valence-corrected chi connectivity index (χ0v) is 18.7. The fraction of sp³-hybridized carbons (Fsp3) is 0.192. The van der Waals surface area contributed by atoms with Gasteiger partial charge in [0.25, 0.3) is 11.8 Å². The molecule has 0 saturated heterocycles. The van der Waals surface area contributed by atoms with Gasteiger partial charge in [-0.1, -0.05) is 30.3 Å². The first-order valence-corrected chi connectivity index (χ1v) is 10.6. The van der Waals surface area contributed by atoms with Gasteiger partial charge in [-0.2, -0.15) is 0 Å². The molecule has 0 bridgehead atoms. The second-order valence-electron chi connectivity index (χ2n) is 7.82. The monoisotopic (exact) mass is 443 g/mol. The van der Waals surface area contributed by atoms with Crippen LogP contribution < -0.4 is 14.8 Å². The maximum absolute atomic E-state index is 13.5. The summed E-state index contributed by atoms with van der Waals surface area (Å²) < 4.78 is 11.1. The van der Waals surface area contributed by atoms with Crippen molar-refractivity contribution in [3.8, 4) is 11.5 Å². The lowest BCUT2D eigenvalue weighted by Gasteiger charge is -2.15. The van der Waals surface area contributed by atoms with Crippen LogP contribution in [-0.2, 0) is 16.1 Å². The van der Waals surface area contributed by atoms with Crippen molar-refractivity contribution >= 4 is 23.1 Å². The molecule has 0 aliphatic carbocycles. The van der Waals surface area contributed by atoms with E-state index in [1.54, 1.807) is 62.0 Å². The number of nitrogens with one attached hydrogen (secondary N) is 1.